The number of rotatable bonds is 3. The number of nitrogens with one attached hydrogen (secondary N) is 1. The molecule has 1 amide bonds. The molecule has 5 heteroatoms. The van der Waals surface area contributed by atoms with Crippen molar-refractivity contribution in [3.63, 3.8) is 0 Å². The third kappa shape index (κ3) is 3.23. The molecule has 1 aromatic rings. The first-order valence-electron chi connectivity index (χ1n) is 5.74. The second-order valence-corrected chi connectivity index (χ2v) is 4.11. The number of amides is 1. The number of carbonyl (C=O) groups excluding carboxylic acids is 1. The van der Waals surface area contributed by atoms with Gasteiger partial charge in [0.05, 0.1) is 5.56 Å². The fourth-order valence-electron chi connectivity index (χ4n) is 1.84. The first-order chi connectivity index (χ1) is 8.27. The molecular weight excluding hydrogens is 223 g/mol. The monoisotopic (exact) mass is 238 g/mol. The molecule has 0 aliphatic carbocycles. The Morgan fingerprint density at radius 2 is 2.29 bits per heavy atom. The molecule has 17 heavy (non-hydrogen) atoms. The first-order valence-corrected chi connectivity index (χ1v) is 5.74. The highest BCUT2D eigenvalue weighted by Gasteiger charge is 2.16. The Morgan fingerprint density at radius 3 is 3.00 bits per heavy atom. The number of aromatic nitrogens is 1. The van der Waals surface area contributed by atoms with E-state index in [4.69, 9.17) is 4.74 Å². The summed E-state index contributed by atoms with van der Waals surface area (Å²) in [5.41, 5.74) is -0.000408. The van der Waals surface area contributed by atoms with E-state index >= 15 is 0 Å². The van der Waals surface area contributed by atoms with Crippen molar-refractivity contribution >= 4 is 5.91 Å². The van der Waals surface area contributed by atoms with Crippen LogP contribution in [-0.2, 0) is 4.74 Å². The Hall–Kier alpha value is -1.49. The smallest absolute Gasteiger partial charge is 0.255 e. The van der Waals surface area contributed by atoms with Gasteiger partial charge in [-0.05, 0) is 30.9 Å². The standard InChI is InChI=1S/C12H15FN2O2/c13-11-10(2-1-5-14-11)12(16)15-8-9-3-6-17-7-4-9/h1-2,5,9H,3-4,6-8H2,(H,15,16). The maximum Gasteiger partial charge on any atom is 0.255 e. The summed E-state index contributed by atoms with van der Waals surface area (Å²) in [5.74, 6) is -0.702. The molecule has 4 nitrogen and oxygen atoms in total. The molecular formula is C12H15FN2O2. The number of hydrogen-bond donors (Lipinski definition) is 1. The molecule has 0 atom stereocenters. The number of ether oxygens (including phenoxy) is 1. The van der Waals surface area contributed by atoms with Crippen LogP contribution >= 0.6 is 0 Å². The van der Waals surface area contributed by atoms with Gasteiger partial charge in [0, 0.05) is 26.0 Å². The maximum absolute atomic E-state index is 13.2. The summed E-state index contributed by atoms with van der Waals surface area (Å²) >= 11 is 0. The van der Waals surface area contributed by atoms with E-state index in [0.717, 1.165) is 26.1 Å². The van der Waals surface area contributed by atoms with Gasteiger partial charge in [0.15, 0.2) is 0 Å². The highest BCUT2D eigenvalue weighted by Crippen LogP contribution is 2.13. The second-order valence-electron chi connectivity index (χ2n) is 4.11. The lowest BCUT2D eigenvalue weighted by molar-refractivity contribution is 0.0642. The van der Waals surface area contributed by atoms with E-state index in [1.807, 2.05) is 0 Å². The van der Waals surface area contributed by atoms with Crippen molar-refractivity contribution in [2.75, 3.05) is 19.8 Å². The third-order valence-electron chi connectivity index (χ3n) is 2.90. The fraction of sp³-hybridized carbons (Fsp3) is 0.500. The Kier molecular flexibility index (Phi) is 4.03. The molecule has 2 heterocycles. The van der Waals surface area contributed by atoms with Gasteiger partial charge >= 0.3 is 0 Å². The summed E-state index contributed by atoms with van der Waals surface area (Å²) < 4.78 is 18.4. The second kappa shape index (κ2) is 5.72. The summed E-state index contributed by atoms with van der Waals surface area (Å²) in [5, 5.41) is 2.74. The SMILES string of the molecule is O=C(NCC1CCOCC1)c1cccnc1F. The molecule has 0 saturated carbocycles. The first kappa shape index (κ1) is 12.0. The highest BCUT2D eigenvalue weighted by molar-refractivity contribution is 5.94. The predicted molar refractivity (Wildman–Crippen MR) is 60.1 cm³/mol. The molecule has 1 aliphatic rings. The number of pyridine rings is 1. The normalized spacial score (nSPS) is 16.8. The summed E-state index contributed by atoms with van der Waals surface area (Å²) in [6.07, 6.45) is 3.20. The van der Waals surface area contributed by atoms with Crippen LogP contribution < -0.4 is 5.32 Å². The van der Waals surface area contributed by atoms with Crippen LogP contribution in [0.1, 0.15) is 23.2 Å². The van der Waals surface area contributed by atoms with Gasteiger partial charge in [-0.1, -0.05) is 0 Å². The minimum Gasteiger partial charge on any atom is -0.381 e. The third-order valence-corrected chi connectivity index (χ3v) is 2.90. The van der Waals surface area contributed by atoms with Crippen LogP contribution in [0.25, 0.3) is 0 Å². The van der Waals surface area contributed by atoms with Gasteiger partial charge in [0.25, 0.3) is 5.91 Å². The molecule has 1 aliphatic heterocycles. The molecule has 1 fully saturated rings. The van der Waals surface area contributed by atoms with Crippen LogP contribution in [0.4, 0.5) is 4.39 Å². The molecule has 0 radical (unpaired) electrons. The van der Waals surface area contributed by atoms with E-state index in [1.54, 1.807) is 6.07 Å². The molecule has 92 valence electrons. The molecule has 0 aromatic carbocycles. The largest absolute Gasteiger partial charge is 0.381 e. The zero-order valence-corrected chi connectivity index (χ0v) is 9.49. The van der Waals surface area contributed by atoms with E-state index in [1.165, 1.54) is 12.3 Å². The lowest BCUT2D eigenvalue weighted by atomic mass is 10.0. The van der Waals surface area contributed by atoms with Crippen molar-refractivity contribution < 1.29 is 13.9 Å². The van der Waals surface area contributed by atoms with Crippen LogP contribution in [0.3, 0.4) is 0 Å². The minimum absolute atomic E-state index is 0.000408. The van der Waals surface area contributed by atoms with Crippen molar-refractivity contribution in [1.82, 2.24) is 10.3 Å². The van der Waals surface area contributed by atoms with Gasteiger partial charge in [0.1, 0.15) is 0 Å². The van der Waals surface area contributed by atoms with Gasteiger partial charge in [-0.25, -0.2) is 4.98 Å². The molecule has 0 unspecified atom stereocenters. The van der Waals surface area contributed by atoms with E-state index in [9.17, 15) is 9.18 Å². The summed E-state index contributed by atoms with van der Waals surface area (Å²) in [4.78, 5) is 15.1. The maximum atomic E-state index is 13.2. The van der Waals surface area contributed by atoms with Crippen LogP contribution in [0, 0.1) is 11.9 Å². The van der Waals surface area contributed by atoms with E-state index in [2.05, 4.69) is 10.3 Å². The number of hydrogen-bond acceptors (Lipinski definition) is 3. The molecule has 1 aromatic heterocycles. The van der Waals surface area contributed by atoms with Crippen molar-refractivity contribution in [2.24, 2.45) is 5.92 Å². The summed E-state index contributed by atoms with van der Waals surface area (Å²) in [6, 6.07) is 2.98. The predicted octanol–water partition coefficient (Wildman–Crippen LogP) is 1.38. The van der Waals surface area contributed by atoms with Crippen LogP contribution in [0.15, 0.2) is 18.3 Å². The van der Waals surface area contributed by atoms with E-state index in [0.29, 0.717) is 12.5 Å². The lowest BCUT2D eigenvalue weighted by Gasteiger charge is -2.22. The van der Waals surface area contributed by atoms with Crippen LogP contribution in [0.2, 0.25) is 0 Å². The van der Waals surface area contributed by atoms with Gasteiger partial charge in [-0.3, -0.25) is 4.79 Å². The average molecular weight is 238 g/mol. The summed E-state index contributed by atoms with van der Waals surface area (Å²) in [6.45, 7) is 2.04. The highest BCUT2D eigenvalue weighted by atomic mass is 19.1. The van der Waals surface area contributed by atoms with Crippen molar-refractivity contribution in [3.8, 4) is 0 Å². The fourth-order valence-corrected chi connectivity index (χ4v) is 1.84. The van der Waals surface area contributed by atoms with Gasteiger partial charge < -0.3 is 10.1 Å². The number of carbonyl (C=O) groups is 1. The van der Waals surface area contributed by atoms with Crippen LogP contribution in [0.5, 0.6) is 0 Å². The van der Waals surface area contributed by atoms with Crippen molar-refractivity contribution in [1.29, 1.82) is 0 Å². The summed E-state index contributed by atoms with van der Waals surface area (Å²) in [7, 11) is 0. The quantitative estimate of drug-likeness (QED) is 0.809. The zero-order chi connectivity index (χ0) is 12.1. The molecule has 0 spiro atoms. The Morgan fingerprint density at radius 1 is 1.53 bits per heavy atom. The van der Waals surface area contributed by atoms with Crippen molar-refractivity contribution in [2.45, 2.75) is 12.8 Å². The van der Waals surface area contributed by atoms with Gasteiger partial charge in [0.2, 0.25) is 5.95 Å². The molecule has 1 saturated heterocycles. The minimum atomic E-state index is -0.725. The topological polar surface area (TPSA) is 51.2 Å². The molecule has 1 N–H and O–H groups in total. The Labute approximate surface area is 99.2 Å². The van der Waals surface area contributed by atoms with Gasteiger partial charge in [-0.15, -0.1) is 0 Å². The zero-order valence-electron chi connectivity index (χ0n) is 9.49. The molecule has 2 rings (SSSR count). The van der Waals surface area contributed by atoms with E-state index in [-0.39, 0.29) is 5.56 Å². The number of halogens is 1. The number of nitrogens with zero attached hydrogens (tertiary/aromatic N) is 1. The average Bonchev–Trinajstić information content (AvgIpc) is 2.38. The Bertz CT molecular complexity index is 392. The molecule has 0 bridgehead atoms. The lowest BCUT2D eigenvalue weighted by Crippen LogP contribution is -2.32. The van der Waals surface area contributed by atoms with E-state index < -0.39 is 11.9 Å². The van der Waals surface area contributed by atoms with Crippen LogP contribution in [-0.4, -0.2) is 30.6 Å². The van der Waals surface area contributed by atoms with Gasteiger partial charge in [-0.2, -0.15) is 4.39 Å². The van der Waals surface area contributed by atoms with Crippen molar-refractivity contribution in [3.05, 3.63) is 29.8 Å². The Balaban J connectivity index is 1.87.